The molecule has 0 aromatic heterocycles. The first-order valence-corrected chi connectivity index (χ1v) is 9.21. The van der Waals surface area contributed by atoms with E-state index in [1.807, 2.05) is 13.8 Å². The molecule has 1 aromatic rings. The Labute approximate surface area is 142 Å². The van der Waals surface area contributed by atoms with Crippen LogP contribution in [-0.4, -0.2) is 36.0 Å². The van der Waals surface area contributed by atoms with E-state index in [2.05, 4.69) is 18.7 Å². The number of benzene rings is 1. The van der Waals surface area contributed by atoms with Gasteiger partial charge in [-0.05, 0) is 50.8 Å². The summed E-state index contributed by atoms with van der Waals surface area (Å²) in [5.74, 6) is 1.45. The van der Waals surface area contributed by atoms with E-state index in [1.165, 1.54) is 5.19 Å². The summed E-state index contributed by atoms with van der Waals surface area (Å²) in [5, 5.41) is 1.22. The molecular formula is C18H28O4Si. The van der Waals surface area contributed by atoms with Crippen LogP contribution in [0.1, 0.15) is 39.2 Å². The molecule has 128 valence electrons. The first kappa shape index (κ1) is 19.3. The Morgan fingerprint density at radius 2 is 1.78 bits per heavy atom. The van der Waals surface area contributed by atoms with Crippen molar-refractivity contribution in [1.82, 2.24) is 0 Å². The number of carbonyl (C=O) groups is 1. The van der Waals surface area contributed by atoms with Gasteiger partial charge in [0, 0.05) is 15.8 Å². The normalized spacial score (nSPS) is 10.4. The summed E-state index contributed by atoms with van der Waals surface area (Å²) in [4.78, 5) is 11.3. The third-order valence-corrected chi connectivity index (χ3v) is 4.18. The van der Waals surface area contributed by atoms with E-state index in [0.29, 0.717) is 25.4 Å². The van der Waals surface area contributed by atoms with Crippen molar-refractivity contribution < 1.29 is 19.0 Å². The van der Waals surface area contributed by atoms with Crippen molar-refractivity contribution in [2.75, 3.05) is 19.8 Å². The molecule has 0 radical (unpaired) electrons. The Bertz CT molecular complexity index is 540. The number of hydrogen-bond acceptors (Lipinski definition) is 4. The molecule has 0 fully saturated rings. The Kier molecular flexibility index (Phi) is 8.47. The lowest BCUT2D eigenvalue weighted by Crippen LogP contribution is -2.13. The van der Waals surface area contributed by atoms with Crippen LogP contribution in [0.2, 0.25) is 0 Å². The predicted molar refractivity (Wildman–Crippen MR) is 97.1 cm³/mol. The second-order valence-electron chi connectivity index (χ2n) is 5.44. The average Bonchev–Trinajstić information content (AvgIpc) is 2.52. The van der Waals surface area contributed by atoms with E-state index in [9.17, 15) is 4.79 Å². The van der Waals surface area contributed by atoms with E-state index < -0.39 is 0 Å². The van der Waals surface area contributed by atoms with Crippen LogP contribution < -0.4 is 14.7 Å². The molecule has 4 nitrogen and oxygen atoms in total. The molecule has 1 rings (SSSR count). The van der Waals surface area contributed by atoms with E-state index in [1.54, 1.807) is 6.92 Å². The van der Waals surface area contributed by atoms with Gasteiger partial charge in [-0.2, -0.15) is 0 Å². The molecule has 0 N–H and O–H groups in total. The topological polar surface area (TPSA) is 44.8 Å². The molecular weight excluding hydrogens is 308 g/mol. The zero-order valence-electron chi connectivity index (χ0n) is 14.7. The standard InChI is InChI=1S/C18H28O4Si/c1-5-20-16-14(10-11-15(23)17(16)21-6-2)9-7-8-12-22-18(19)13(3)4/h10-11H,3,5-9,12H2,1-2,4,23H3. The highest BCUT2D eigenvalue weighted by molar-refractivity contribution is 6.34. The second-order valence-corrected chi connectivity index (χ2v) is 6.52. The summed E-state index contributed by atoms with van der Waals surface area (Å²) in [6, 6.07) is 4.24. The highest BCUT2D eigenvalue weighted by atomic mass is 28.1. The summed E-state index contributed by atoms with van der Waals surface area (Å²) >= 11 is 0. The monoisotopic (exact) mass is 336 g/mol. The lowest BCUT2D eigenvalue weighted by atomic mass is 10.1. The van der Waals surface area contributed by atoms with Crippen LogP contribution in [0.15, 0.2) is 24.3 Å². The summed E-state index contributed by atoms with van der Waals surface area (Å²) in [6.07, 6.45) is 2.62. The van der Waals surface area contributed by atoms with E-state index in [4.69, 9.17) is 14.2 Å². The van der Waals surface area contributed by atoms with E-state index >= 15 is 0 Å². The fourth-order valence-electron chi connectivity index (χ4n) is 2.23. The van der Waals surface area contributed by atoms with Crippen molar-refractivity contribution in [2.45, 2.75) is 40.0 Å². The number of rotatable bonds is 10. The number of unbranched alkanes of at least 4 members (excludes halogenated alkanes) is 1. The molecule has 0 heterocycles. The number of ether oxygens (including phenoxy) is 3. The van der Waals surface area contributed by atoms with Gasteiger partial charge in [-0.1, -0.05) is 18.7 Å². The Morgan fingerprint density at radius 3 is 2.39 bits per heavy atom. The largest absolute Gasteiger partial charge is 0.490 e. The number of carbonyl (C=O) groups excluding carboxylic acids is 1. The third-order valence-electron chi connectivity index (χ3n) is 3.39. The second kappa shape index (κ2) is 10.1. The van der Waals surface area contributed by atoms with E-state index in [0.717, 1.165) is 46.6 Å². The Hall–Kier alpha value is -1.75. The number of aryl methyl sites for hydroxylation is 1. The van der Waals surface area contributed by atoms with Crippen molar-refractivity contribution >= 4 is 21.4 Å². The molecule has 0 amide bonds. The summed E-state index contributed by atoms with van der Waals surface area (Å²) < 4.78 is 16.7. The van der Waals surface area contributed by atoms with Crippen LogP contribution in [0.5, 0.6) is 11.5 Å². The Morgan fingerprint density at radius 1 is 1.13 bits per heavy atom. The molecule has 23 heavy (non-hydrogen) atoms. The zero-order valence-corrected chi connectivity index (χ0v) is 16.7. The number of esters is 1. The number of hydrogen-bond donors (Lipinski definition) is 0. The molecule has 0 bridgehead atoms. The van der Waals surface area contributed by atoms with Crippen LogP contribution in [0.25, 0.3) is 0 Å². The predicted octanol–water partition coefficient (Wildman–Crippen LogP) is 1.92. The maximum atomic E-state index is 11.3. The van der Waals surface area contributed by atoms with Crippen LogP contribution in [0, 0.1) is 0 Å². The molecule has 0 saturated heterocycles. The molecule has 0 spiro atoms. The quantitative estimate of drug-likeness (QED) is 0.283. The lowest BCUT2D eigenvalue weighted by molar-refractivity contribution is -0.139. The summed E-state index contributed by atoms with van der Waals surface area (Å²) in [6.45, 7) is 10.9. The van der Waals surface area contributed by atoms with Crippen LogP contribution in [0.3, 0.4) is 0 Å². The fraction of sp³-hybridized carbons (Fsp3) is 0.500. The molecule has 0 unspecified atom stereocenters. The van der Waals surface area contributed by atoms with Gasteiger partial charge < -0.3 is 14.2 Å². The Balaban J connectivity index is 2.63. The maximum absolute atomic E-state index is 11.3. The van der Waals surface area contributed by atoms with Gasteiger partial charge >= 0.3 is 5.97 Å². The highest BCUT2D eigenvalue weighted by Gasteiger charge is 2.13. The van der Waals surface area contributed by atoms with Crippen LogP contribution >= 0.6 is 0 Å². The highest BCUT2D eigenvalue weighted by Crippen LogP contribution is 2.30. The van der Waals surface area contributed by atoms with E-state index in [-0.39, 0.29) is 5.97 Å². The first-order valence-electron chi connectivity index (χ1n) is 8.21. The first-order chi connectivity index (χ1) is 11.0. The van der Waals surface area contributed by atoms with Crippen molar-refractivity contribution in [3.05, 3.63) is 29.8 Å². The lowest BCUT2D eigenvalue weighted by Gasteiger charge is -2.17. The van der Waals surface area contributed by atoms with Gasteiger partial charge in [-0.3, -0.25) is 0 Å². The zero-order chi connectivity index (χ0) is 17.2. The van der Waals surface area contributed by atoms with Crippen molar-refractivity contribution in [2.24, 2.45) is 0 Å². The molecule has 0 atom stereocenters. The van der Waals surface area contributed by atoms with Crippen LogP contribution in [-0.2, 0) is 16.0 Å². The molecule has 1 aromatic carbocycles. The van der Waals surface area contributed by atoms with Crippen LogP contribution in [0.4, 0.5) is 0 Å². The summed E-state index contributed by atoms with van der Waals surface area (Å²) in [7, 11) is 0.925. The average molecular weight is 337 g/mol. The van der Waals surface area contributed by atoms with Gasteiger partial charge in [0.2, 0.25) is 0 Å². The van der Waals surface area contributed by atoms with Gasteiger partial charge in [-0.25, -0.2) is 4.79 Å². The minimum absolute atomic E-state index is 0.320. The maximum Gasteiger partial charge on any atom is 0.333 e. The summed E-state index contributed by atoms with van der Waals surface area (Å²) in [5.41, 5.74) is 1.59. The minimum atomic E-state index is -0.320. The molecule has 5 heteroatoms. The van der Waals surface area contributed by atoms with Gasteiger partial charge in [0.1, 0.15) is 0 Å². The van der Waals surface area contributed by atoms with Gasteiger partial charge in [0.25, 0.3) is 0 Å². The molecule has 0 saturated carbocycles. The molecule has 0 aliphatic carbocycles. The smallest absolute Gasteiger partial charge is 0.333 e. The third kappa shape index (κ3) is 6.10. The van der Waals surface area contributed by atoms with Crippen molar-refractivity contribution in [3.63, 3.8) is 0 Å². The van der Waals surface area contributed by atoms with Gasteiger partial charge in [0.15, 0.2) is 11.5 Å². The SMILES string of the molecule is C=C(C)C(=O)OCCCCc1ccc([SiH3])c(OCC)c1OCC. The fourth-order valence-corrected chi connectivity index (χ4v) is 2.77. The molecule has 0 aliphatic rings. The van der Waals surface area contributed by atoms with Crippen molar-refractivity contribution in [1.29, 1.82) is 0 Å². The van der Waals surface area contributed by atoms with Gasteiger partial charge in [0.05, 0.1) is 19.8 Å². The van der Waals surface area contributed by atoms with Crippen molar-refractivity contribution in [3.8, 4) is 11.5 Å². The molecule has 0 aliphatic heterocycles. The van der Waals surface area contributed by atoms with Gasteiger partial charge in [-0.15, -0.1) is 0 Å². The minimum Gasteiger partial charge on any atom is -0.490 e.